The van der Waals surface area contributed by atoms with E-state index in [-0.39, 0.29) is 24.0 Å². The van der Waals surface area contributed by atoms with Crippen LogP contribution in [0.2, 0.25) is 0 Å². The molecule has 0 radical (unpaired) electrons. The van der Waals surface area contributed by atoms with Gasteiger partial charge in [0, 0.05) is 6.54 Å². The number of hydrogen-bond donors (Lipinski definition) is 1. The van der Waals surface area contributed by atoms with E-state index in [1.165, 1.54) is 6.07 Å². The molecule has 0 aliphatic carbocycles. The fraction of sp³-hybridized carbons (Fsp3) is 0.462. The van der Waals surface area contributed by atoms with Gasteiger partial charge in [0.05, 0.1) is 17.4 Å². The zero-order valence-electron chi connectivity index (χ0n) is 11.3. The van der Waals surface area contributed by atoms with E-state index in [0.717, 1.165) is 5.56 Å². The molecule has 0 spiro atoms. The highest BCUT2D eigenvalue weighted by Crippen LogP contribution is 2.10. The Labute approximate surface area is 114 Å². The molecule has 1 rings (SSSR count). The highest BCUT2D eigenvalue weighted by molar-refractivity contribution is 7.89. The monoisotopic (exact) mass is 285 g/mol. The third-order valence-electron chi connectivity index (χ3n) is 2.29. The maximum absolute atomic E-state index is 11.9. The van der Waals surface area contributed by atoms with Gasteiger partial charge in [-0.25, -0.2) is 13.1 Å². The molecule has 6 heteroatoms. The molecule has 0 saturated carbocycles. The summed E-state index contributed by atoms with van der Waals surface area (Å²) in [5, 5.41) is 0. The van der Waals surface area contributed by atoms with Crippen molar-refractivity contribution < 1.29 is 17.9 Å². The van der Waals surface area contributed by atoms with E-state index in [2.05, 4.69) is 4.72 Å². The van der Waals surface area contributed by atoms with Crippen LogP contribution in [0.25, 0.3) is 0 Å². The Bertz CT molecular complexity index is 537. The Morgan fingerprint density at radius 3 is 2.63 bits per heavy atom. The minimum absolute atomic E-state index is 0.0171. The van der Waals surface area contributed by atoms with Crippen molar-refractivity contribution in [1.29, 1.82) is 0 Å². The van der Waals surface area contributed by atoms with E-state index in [1.807, 2.05) is 13.0 Å². The molecular formula is C13H19NO4S. The largest absolute Gasteiger partial charge is 0.463 e. The first-order valence-electron chi connectivity index (χ1n) is 6.07. The van der Waals surface area contributed by atoms with Crippen LogP contribution in [0.3, 0.4) is 0 Å². The van der Waals surface area contributed by atoms with Crippen molar-refractivity contribution in [2.75, 3.05) is 6.54 Å². The summed E-state index contributed by atoms with van der Waals surface area (Å²) in [5.41, 5.74) is 0.863. The Hall–Kier alpha value is -1.40. The van der Waals surface area contributed by atoms with Crippen LogP contribution in [0, 0.1) is 6.92 Å². The van der Waals surface area contributed by atoms with E-state index < -0.39 is 16.0 Å². The topological polar surface area (TPSA) is 72.5 Å². The molecule has 0 heterocycles. The quantitative estimate of drug-likeness (QED) is 0.806. The van der Waals surface area contributed by atoms with E-state index in [1.54, 1.807) is 26.0 Å². The smallest absolute Gasteiger partial charge is 0.307 e. The molecule has 19 heavy (non-hydrogen) atoms. The van der Waals surface area contributed by atoms with Crippen molar-refractivity contribution >= 4 is 16.0 Å². The lowest BCUT2D eigenvalue weighted by atomic mass is 10.2. The van der Waals surface area contributed by atoms with Crippen LogP contribution in [0.15, 0.2) is 29.2 Å². The van der Waals surface area contributed by atoms with Crippen molar-refractivity contribution in [2.24, 2.45) is 0 Å². The SMILES string of the molecule is Cc1cccc(S(=O)(=O)NCCC(=O)OC(C)C)c1. The van der Waals surface area contributed by atoms with Crippen molar-refractivity contribution in [2.45, 2.75) is 38.2 Å². The van der Waals surface area contributed by atoms with Gasteiger partial charge in [0.2, 0.25) is 10.0 Å². The van der Waals surface area contributed by atoms with Gasteiger partial charge in [-0.1, -0.05) is 12.1 Å². The number of hydrogen-bond acceptors (Lipinski definition) is 4. The molecule has 1 aromatic rings. The Morgan fingerprint density at radius 1 is 1.37 bits per heavy atom. The van der Waals surface area contributed by atoms with Crippen LogP contribution >= 0.6 is 0 Å². The number of ether oxygens (including phenoxy) is 1. The van der Waals surface area contributed by atoms with Crippen molar-refractivity contribution in [3.8, 4) is 0 Å². The van der Waals surface area contributed by atoms with Crippen LogP contribution in [0.4, 0.5) is 0 Å². The molecule has 1 aromatic carbocycles. The summed E-state index contributed by atoms with van der Waals surface area (Å²) >= 11 is 0. The molecule has 1 N–H and O–H groups in total. The first kappa shape index (κ1) is 15.7. The Morgan fingerprint density at radius 2 is 2.05 bits per heavy atom. The molecule has 0 fully saturated rings. The van der Waals surface area contributed by atoms with Crippen LogP contribution < -0.4 is 4.72 Å². The van der Waals surface area contributed by atoms with Crippen LogP contribution in [0.5, 0.6) is 0 Å². The van der Waals surface area contributed by atoms with Gasteiger partial charge in [-0.2, -0.15) is 0 Å². The average molecular weight is 285 g/mol. The molecule has 5 nitrogen and oxygen atoms in total. The van der Waals surface area contributed by atoms with Gasteiger partial charge in [-0.05, 0) is 38.5 Å². The second-order valence-corrected chi connectivity index (χ2v) is 6.27. The zero-order chi connectivity index (χ0) is 14.5. The lowest BCUT2D eigenvalue weighted by molar-refractivity contribution is -0.147. The third kappa shape index (κ3) is 5.40. The van der Waals surface area contributed by atoms with E-state index >= 15 is 0 Å². The fourth-order valence-electron chi connectivity index (χ4n) is 1.48. The van der Waals surface area contributed by atoms with Gasteiger partial charge in [0.25, 0.3) is 0 Å². The van der Waals surface area contributed by atoms with Gasteiger partial charge in [-0.3, -0.25) is 4.79 Å². The molecule has 0 atom stereocenters. The van der Waals surface area contributed by atoms with Gasteiger partial charge in [0.15, 0.2) is 0 Å². The van der Waals surface area contributed by atoms with Gasteiger partial charge >= 0.3 is 5.97 Å². The van der Waals surface area contributed by atoms with Crippen LogP contribution in [-0.2, 0) is 19.6 Å². The number of rotatable bonds is 6. The average Bonchev–Trinajstić information content (AvgIpc) is 2.27. The summed E-state index contributed by atoms with van der Waals surface area (Å²) in [4.78, 5) is 11.5. The summed E-state index contributed by atoms with van der Waals surface area (Å²) < 4.78 is 31.1. The molecule has 0 amide bonds. The number of esters is 1. The second-order valence-electron chi connectivity index (χ2n) is 4.50. The van der Waals surface area contributed by atoms with Crippen LogP contribution in [-0.4, -0.2) is 27.0 Å². The summed E-state index contributed by atoms with van der Waals surface area (Å²) in [6.07, 6.45) is -0.177. The zero-order valence-corrected chi connectivity index (χ0v) is 12.2. The lowest BCUT2D eigenvalue weighted by Crippen LogP contribution is -2.27. The molecular weight excluding hydrogens is 266 g/mol. The Kier molecular flexibility index (Phi) is 5.50. The van der Waals surface area contributed by atoms with Gasteiger partial charge < -0.3 is 4.74 Å². The minimum atomic E-state index is -3.56. The standard InChI is InChI=1S/C13H19NO4S/c1-10(2)18-13(15)7-8-14-19(16,17)12-6-4-5-11(3)9-12/h4-6,9-10,14H,7-8H2,1-3H3. The summed E-state index contributed by atoms with van der Waals surface area (Å²) in [6, 6.07) is 6.59. The maximum Gasteiger partial charge on any atom is 0.307 e. The maximum atomic E-state index is 11.9. The molecule has 106 valence electrons. The summed E-state index contributed by atoms with van der Waals surface area (Å²) in [7, 11) is -3.56. The van der Waals surface area contributed by atoms with Crippen molar-refractivity contribution in [3.05, 3.63) is 29.8 Å². The number of benzene rings is 1. The van der Waals surface area contributed by atoms with E-state index in [4.69, 9.17) is 4.74 Å². The molecule has 0 bridgehead atoms. The predicted molar refractivity (Wildman–Crippen MR) is 72.2 cm³/mol. The molecule has 0 aromatic heterocycles. The first-order chi connectivity index (χ1) is 8.81. The van der Waals surface area contributed by atoms with Gasteiger partial charge in [0.1, 0.15) is 0 Å². The molecule has 0 aliphatic rings. The minimum Gasteiger partial charge on any atom is -0.463 e. The third-order valence-corrected chi connectivity index (χ3v) is 3.75. The fourth-order valence-corrected chi connectivity index (χ4v) is 2.61. The van der Waals surface area contributed by atoms with Crippen molar-refractivity contribution in [1.82, 2.24) is 4.72 Å². The number of carbonyl (C=O) groups excluding carboxylic acids is 1. The van der Waals surface area contributed by atoms with Crippen molar-refractivity contribution in [3.63, 3.8) is 0 Å². The van der Waals surface area contributed by atoms with Crippen LogP contribution in [0.1, 0.15) is 25.8 Å². The number of sulfonamides is 1. The first-order valence-corrected chi connectivity index (χ1v) is 7.55. The van der Waals surface area contributed by atoms with Gasteiger partial charge in [-0.15, -0.1) is 0 Å². The highest BCUT2D eigenvalue weighted by Gasteiger charge is 2.14. The summed E-state index contributed by atoms with van der Waals surface area (Å²) in [6.45, 7) is 5.34. The second kappa shape index (κ2) is 6.68. The van der Waals surface area contributed by atoms with E-state index in [0.29, 0.717) is 0 Å². The molecule has 0 aliphatic heterocycles. The molecule has 0 saturated heterocycles. The number of nitrogens with one attached hydrogen (secondary N) is 1. The van der Waals surface area contributed by atoms with E-state index in [9.17, 15) is 13.2 Å². The summed E-state index contributed by atoms with van der Waals surface area (Å²) in [5.74, 6) is -0.415. The number of carbonyl (C=O) groups is 1. The predicted octanol–water partition coefficient (Wildman–Crippen LogP) is 1.62. The number of aryl methyl sites for hydroxylation is 1. The lowest BCUT2D eigenvalue weighted by Gasteiger charge is -2.09. The molecule has 0 unspecified atom stereocenters. The normalized spacial score (nSPS) is 11.6. The highest BCUT2D eigenvalue weighted by atomic mass is 32.2. The Balaban J connectivity index is 2.55.